The van der Waals surface area contributed by atoms with E-state index in [-0.39, 0.29) is 17.1 Å². The lowest BCUT2D eigenvalue weighted by Gasteiger charge is -2.29. The van der Waals surface area contributed by atoms with E-state index in [1.54, 1.807) is 11.4 Å². The van der Waals surface area contributed by atoms with Crippen LogP contribution in [-0.2, 0) is 16.1 Å². The van der Waals surface area contributed by atoms with Gasteiger partial charge in [-0.2, -0.15) is 0 Å². The van der Waals surface area contributed by atoms with Crippen LogP contribution in [0, 0.1) is 13.8 Å². The van der Waals surface area contributed by atoms with Crippen LogP contribution in [0.4, 0.5) is 0 Å². The molecule has 1 saturated carbocycles. The van der Waals surface area contributed by atoms with E-state index in [0.717, 1.165) is 54.0 Å². The predicted octanol–water partition coefficient (Wildman–Crippen LogP) is 5.64. The molecule has 1 fully saturated rings. The lowest BCUT2D eigenvalue weighted by atomic mass is 9.95. The molecule has 0 bridgehead atoms. The summed E-state index contributed by atoms with van der Waals surface area (Å²) >= 11 is 1.16. The molecule has 4 rings (SSSR count). The highest BCUT2D eigenvalue weighted by Crippen LogP contribution is 2.27. The second kappa shape index (κ2) is 11.0. The number of benzene rings is 1. The molecule has 8 heteroatoms. The van der Waals surface area contributed by atoms with Crippen molar-refractivity contribution in [3.63, 3.8) is 0 Å². The first-order valence-corrected chi connectivity index (χ1v) is 12.1. The number of rotatable bonds is 10. The van der Waals surface area contributed by atoms with Crippen molar-refractivity contribution < 1.29 is 28.5 Å². The van der Waals surface area contributed by atoms with Crippen LogP contribution >= 0.6 is 11.3 Å². The molecule has 2 aromatic heterocycles. The van der Waals surface area contributed by atoms with Gasteiger partial charge in [-0.15, -0.1) is 11.3 Å². The first kappa shape index (κ1) is 23.5. The van der Waals surface area contributed by atoms with Crippen molar-refractivity contribution in [1.29, 1.82) is 0 Å². The summed E-state index contributed by atoms with van der Waals surface area (Å²) in [6.07, 6.45) is 4.06. The van der Waals surface area contributed by atoms with E-state index in [1.807, 2.05) is 31.2 Å². The standard InChI is InChI=1S/C25H29NO6S/c1-16-6-8-18(9-7-16)24-26-21(17(2)32-24)15-31-20-5-3-4-19(14-20)29-11-12-30-22-10-13-33-23(22)25(27)28/h6-10,13,19-20H,3-5,11-12,14-15H2,1-2H3,(H,27,28)/t19-,20+/m1/s1. The number of oxazole rings is 1. The maximum absolute atomic E-state index is 11.1. The number of hydrogen-bond acceptors (Lipinski definition) is 7. The van der Waals surface area contributed by atoms with E-state index in [1.165, 1.54) is 5.56 Å². The number of carboxylic acids is 1. The van der Waals surface area contributed by atoms with Gasteiger partial charge in [-0.05, 0) is 63.1 Å². The summed E-state index contributed by atoms with van der Waals surface area (Å²) in [7, 11) is 0. The maximum atomic E-state index is 11.1. The van der Waals surface area contributed by atoms with Gasteiger partial charge in [0, 0.05) is 5.56 Å². The molecule has 1 aliphatic rings. The Labute approximate surface area is 197 Å². The molecule has 3 aromatic rings. The largest absolute Gasteiger partial charge is 0.489 e. The molecular formula is C25H29NO6S. The van der Waals surface area contributed by atoms with Gasteiger partial charge in [0.2, 0.25) is 5.89 Å². The highest BCUT2D eigenvalue weighted by atomic mass is 32.1. The van der Waals surface area contributed by atoms with E-state index in [9.17, 15) is 4.79 Å². The third-order valence-corrected chi connectivity index (χ3v) is 6.63. The minimum atomic E-state index is -0.971. The number of carboxylic acid groups (broad SMARTS) is 1. The number of aryl methyl sites for hydroxylation is 2. The fourth-order valence-corrected chi connectivity index (χ4v) is 4.59. The van der Waals surface area contributed by atoms with Crippen LogP contribution < -0.4 is 4.74 Å². The number of ether oxygens (including phenoxy) is 3. The quantitative estimate of drug-likeness (QED) is 0.383. The fourth-order valence-electron chi connectivity index (χ4n) is 3.92. The lowest BCUT2D eigenvalue weighted by Crippen LogP contribution is -2.29. The van der Waals surface area contributed by atoms with Crippen LogP contribution in [0.15, 0.2) is 40.1 Å². The molecule has 7 nitrogen and oxygen atoms in total. The fraction of sp³-hybridized carbons (Fsp3) is 0.440. The van der Waals surface area contributed by atoms with Crippen molar-refractivity contribution >= 4 is 17.3 Å². The van der Waals surface area contributed by atoms with Crippen LogP contribution in [0.25, 0.3) is 11.5 Å². The van der Waals surface area contributed by atoms with Gasteiger partial charge >= 0.3 is 5.97 Å². The van der Waals surface area contributed by atoms with E-state index < -0.39 is 5.97 Å². The first-order chi connectivity index (χ1) is 16.0. The number of nitrogens with zero attached hydrogens (tertiary/aromatic N) is 1. The van der Waals surface area contributed by atoms with Crippen molar-refractivity contribution in [2.75, 3.05) is 13.2 Å². The van der Waals surface area contributed by atoms with Crippen molar-refractivity contribution in [3.8, 4) is 17.2 Å². The smallest absolute Gasteiger partial charge is 0.349 e. The zero-order chi connectivity index (χ0) is 23.2. The zero-order valence-corrected chi connectivity index (χ0v) is 19.7. The van der Waals surface area contributed by atoms with Gasteiger partial charge in [0.05, 0.1) is 25.4 Å². The van der Waals surface area contributed by atoms with Gasteiger partial charge in [-0.25, -0.2) is 9.78 Å². The molecule has 1 N–H and O–H groups in total. The van der Waals surface area contributed by atoms with Gasteiger partial charge in [-0.1, -0.05) is 17.7 Å². The molecule has 0 aliphatic heterocycles. The molecule has 1 aliphatic carbocycles. The molecule has 2 heterocycles. The average molecular weight is 472 g/mol. The van der Waals surface area contributed by atoms with Crippen LogP contribution in [0.1, 0.15) is 52.4 Å². The highest BCUT2D eigenvalue weighted by molar-refractivity contribution is 7.12. The summed E-state index contributed by atoms with van der Waals surface area (Å²) < 4.78 is 23.6. The molecule has 176 valence electrons. The van der Waals surface area contributed by atoms with E-state index in [4.69, 9.17) is 23.7 Å². The topological polar surface area (TPSA) is 91.0 Å². The molecular weight excluding hydrogens is 442 g/mol. The van der Waals surface area contributed by atoms with Crippen LogP contribution in [0.5, 0.6) is 5.75 Å². The normalized spacial score (nSPS) is 18.4. The van der Waals surface area contributed by atoms with Crippen LogP contribution in [0.2, 0.25) is 0 Å². The Kier molecular flexibility index (Phi) is 7.80. The predicted molar refractivity (Wildman–Crippen MR) is 125 cm³/mol. The Bertz CT molecular complexity index is 1060. The SMILES string of the molecule is Cc1ccc(-c2nc(CO[C@H]3CCC[C@@H](OCCOc4ccsc4C(=O)O)C3)c(C)o2)cc1. The third kappa shape index (κ3) is 6.22. The second-order valence-corrected chi connectivity index (χ2v) is 9.16. The number of carbonyl (C=O) groups is 1. The minimum absolute atomic E-state index is 0.107. The first-order valence-electron chi connectivity index (χ1n) is 11.2. The van der Waals surface area contributed by atoms with E-state index in [2.05, 4.69) is 11.9 Å². The van der Waals surface area contributed by atoms with Crippen molar-refractivity contribution in [2.24, 2.45) is 0 Å². The minimum Gasteiger partial charge on any atom is -0.489 e. The van der Waals surface area contributed by atoms with Gasteiger partial charge in [0.15, 0.2) is 4.88 Å². The Balaban J connectivity index is 1.22. The summed E-state index contributed by atoms with van der Waals surface area (Å²) in [5.41, 5.74) is 2.98. The molecule has 0 radical (unpaired) electrons. The van der Waals surface area contributed by atoms with Crippen molar-refractivity contribution in [3.05, 3.63) is 57.6 Å². The summed E-state index contributed by atoms with van der Waals surface area (Å²) in [5, 5.41) is 10.8. The molecule has 0 amide bonds. The lowest BCUT2D eigenvalue weighted by molar-refractivity contribution is -0.0556. The third-order valence-electron chi connectivity index (χ3n) is 5.74. The summed E-state index contributed by atoms with van der Waals surface area (Å²) in [6, 6.07) is 9.79. The molecule has 2 atom stereocenters. The Morgan fingerprint density at radius 2 is 1.88 bits per heavy atom. The van der Waals surface area contributed by atoms with Gasteiger partial charge in [0.1, 0.15) is 23.8 Å². The van der Waals surface area contributed by atoms with Gasteiger partial charge < -0.3 is 23.7 Å². The Morgan fingerprint density at radius 1 is 1.12 bits per heavy atom. The van der Waals surface area contributed by atoms with Gasteiger partial charge in [0.25, 0.3) is 0 Å². The Hall–Kier alpha value is -2.68. The highest BCUT2D eigenvalue weighted by Gasteiger charge is 2.24. The number of thiophene rings is 1. The summed E-state index contributed by atoms with van der Waals surface area (Å²) in [6.45, 7) is 5.11. The van der Waals surface area contributed by atoms with Gasteiger partial charge in [-0.3, -0.25) is 0 Å². The molecule has 0 saturated heterocycles. The van der Waals surface area contributed by atoms with Crippen LogP contribution in [0.3, 0.4) is 0 Å². The monoisotopic (exact) mass is 471 g/mol. The molecule has 33 heavy (non-hydrogen) atoms. The van der Waals surface area contributed by atoms with E-state index in [0.29, 0.717) is 31.5 Å². The van der Waals surface area contributed by atoms with Crippen molar-refractivity contribution in [2.45, 2.75) is 58.3 Å². The molecule has 1 aromatic carbocycles. The summed E-state index contributed by atoms with van der Waals surface area (Å²) in [5.74, 6) is 0.823. The molecule has 0 unspecified atom stereocenters. The Morgan fingerprint density at radius 3 is 2.64 bits per heavy atom. The number of hydrogen-bond donors (Lipinski definition) is 1. The molecule has 0 spiro atoms. The second-order valence-electron chi connectivity index (χ2n) is 8.25. The number of aromatic nitrogens is 1. The van der Waals surface area contributed by atoms with Crippen LogP contribution in [-0.4, -0.2) is 41.5 Å². The number of aromatic carboxylic acids is 1. The summed E-state index contributed by atoms with van der Waals surface area (Å²) in [4.78, 5) is 16.0. The zero-order valence-electron chi connectivity index (χ0n) is 18.9. The van der Waals surface area contributed by atoms with Crippen molar-refractivity contribution in [1.82, 2.24) is 4.98 Å². The maximum Gasteiger partial charge on any atom is 0.349 e. The van der Waals surface area contributed by atoms with E-state index >= 15 is 0 Å². The average Bonchev–Trinajstić information content (AvgIpc) is 3.43.